The maximum Gasteiger partial charge on any atom is 0.226 e. The third-order valence-electron chi connectivity index (χ3n) is 1.91. The van der Waals surface area contributed by atoms with Gasteiger partial charge in [-0.3, -0.25) is 4.79 Å². The van der Waals surface area contributed by atoms with E-state index in [1.807, 2.05) is 6.92 Å². The van der Waals surface area contributed by atoms with E-state index in [-0.39, 0.29) is 5.91 Å². The second-order valence-corrected chi connectivity index (χ2v) is 5.07. The largest absolute Gasteiger partial charge is 0.315 e. The lowest BCUT2D eigenvalue weighted by Gasteiger charge is -2.06. The summed E-state index contributed by atoms with van der Waals surface area (Å²) in [7, 11) is 0. The van der Waals surface area contributed by atoms with Gasteiger partial charge >= 0.3 is 0 Å². The van der Waals surface area contributed by atoms with Crippen LogP contribution in [0.5, 0.6) is 0 Å². The number of nitrogens with zero attached hydrogens (tertiary/aromatic N) is 2. The first-order valence-corrected chi connectivity index (χ1v) is 6.23. The maximum atomic E-state index is 11.5. The molecule has 1 heterocycles. The SMILES string of the molecule is Cc1nnc(NC(=O)CCCNC(C)C)s1. The van der Waals surface area contributed by atoms with Gasteiger partial charge in [-0.2, -0.15) is 0 Å². The van der Waals surface area contributed by atoms with Gasteiger partial charge < -0.3 is 10.6 Å². The van der Waals surface area contributed by atoms with E-state index < -0.39 is 0 Å². The molecule has 2 N–H and O–H groups in total. The Hall–Kier alpha value is -1.01. The normalized spacial score (nSPS) is 10.8. The maximum absolute atomic E-state index is 11.5. The molecule has 0 spiro atoms. The van der Waals surface area contributed by atoms with E-state index in [4.69, 9.17) is 0 Å². The fourth-order valence-electron chi connectivity index (χ4n) is 1.17. The number of rotatable bonds is 6. The summed E-state index contributed by atoms with van der Waals surface area (Å²) in [6.45, 7) is 6.90. The van der Waals surface area contributed by atoms with E-state index in [0.717, 1.165) is 18.0 Å². The van der Waals surface area contributed by atoms with Crippen LogP contribution in [0.25, 0.3) is 0 Å². The molecule has 90 valence electrons. The molecule has 0 bridgehead atoms. The van der Waals surface area contributed by atoms with E-state index in [1.165, 1.54) is 11.3 Å². The molecule has 0 radical (unpaired) electrons. The van der Waals surface area contributed by atoms with Gasteiger partial charge in [0.15, 0.2) is 0 Å². The van der Waals surface area contributed by atoms with Gasteiger partial charge in [-0.15, -0.1) is 10.2 Å². The molecule has 16 heavy (non-hydrogen) atoms. The third-order valence-corrected chi connectivity index (χ3v) is 2.66. The van der Waals surface area contributed by atoms with Crippen LogP contribution in [0.3, 0.4) is 0 Å². The number of anilines is 1. The van der Waals surface area contributed by atoms with Gasteiger partial charge in [-0.05, 0) is 19.9 Å². The molecule has 0 aromatic carbocycles. The first-order chi connectivity index (χ1) is 7.58. The summed E-state index contributed by atoms with van der Waals surface area (Å²) in [4.78, 5) is 11.5. The van der Waals surface area contributed by atoms with Crippen molar-refractivity contribution >= 4 is 22.4 Å². The van der Waals surface area contributed by atoms with Gasteiger partial charge in [0.25, 0.3) is 0 Å². The minimum absolute atomic E-state index is 0.00158. The van der Waals surface area contributed by atoms with Crippen LogP contribution in [0.2, 0.25) is 0 Å². The molecule has 1 amide bonds. The van der Waals surface area contributed by atoms with E-state index in [9.17, 15) is 4.79 Å². The fraction of sp³-hybridized carbons (Fsp3) is 0.700. The zero-order valence-corrected chi connectivity index (χ0v) is 10.7. The van der Waals surface area contributed by atoms with Gasteiger partial charge in [0, 0.05) is 12.5 Å². The van der Waals surface area contributed by atoms with Crippen LogP contribution in [-0.2, 0) is 4.79 Å². The summed E-state index contributed by atoms with van der Waals surface area (Å²) in [5.41, 5.74) is 0. The molecular formula is C10H18N4OS. The molecule has 0 fully saturated rings. The van der Waals surface area contributed by atoms with Crippen LogP contribution < -0.4 is 10.6 Å². The van der Waals surface area contributed by atoms with Crippen molar-refractivity contribution in [3.8, 4) is 0 Å². The molecule has 0 atom stereocenters. The second-order valence-electron chi connectivity index (χ2n) is 3.89. The van der Waals surface area contributed by atoms with E-state index in [1.54, 1.807) is 0 Å². The Bertz CT molecular complexity index is 337. The summed E-state index contributed by atoms with van der Waals surface area (Å²) in [6, 6.07) is 0.467. The molecule has 0 aliphatic rings. The van der Waals surface area contributed by atoms with Gasteiger partial charge in [0.1, 0.15) is 5.01 Å². The Kier molecular flexibility index (Phi) is 5.34. The third kappa shape index (κ3) is 5.18. The Morgan fingerprint density at radius 3 is 2.75 bits per heavy atom. The molecule has 0 saturated heterocycles. The zero-order valence-electron chi connectivity index (χ0n) is 9.91. The zero-order chi connectivity index (χ0) is 12.0. The first kappa shape index (κ1) is 13.1. The highest BCUT2D eigenvalue weighted by Crippen LogP contribution is 2.13. The summed E-state index contributed by atoms with van der Waals surface area (Å²) in [5.74, 6) is 0.00158. The molecule has 6 heteroatoms. The molecule has 0 saturated carbocycles. The number of aromatic nitrogens is 2. The van der Waals surface area contributed by atoms with Crippen LogP contribution in [-0.4, -0.2) is 28.7 Å². The number of carbonyl (C=O) groups excluding carboxylic acids is 1. The Morgan fingerprint density at radius 1 is 1.44 bits per heavy atom. The van der Waals surface area contributed by atoms with Crippen molar-refractivity contribution in [2.24, 2.45) is 0 Å². The minimum atomic E-state index is 0.00158. The van der Waals surface area contributed by atoms with Crippen molar-refractivity contribution in [3.05, 3.63) is 5.01 Å². The summed E-state index contributed by atoms with van der Waals surface area (Å²) in [6.07, 6.45) is 1.35. The summed E-state index contributed by atoms with van der Waals surface area (Å²) < 4.78 is 0. The number of hydrogen-bond donors (Lipinski definition) is 2. The standard InChI is InChI=1S/C10H18N4OS/c1-7(2)11-6-4-5-9(15)12-10-14-13-8(3)16-10/h7,11H,4-6H2,1-3H3,(H,12,14,15). The lowest BCUT2D eigenvalue weighted by Crippen LogP contribution is -2.24. The highest BCUT2D eigenvalue weighted by molar-refractivity contribution is 7.15. The average molecular weight is 242 g/mol. The van der Waals surface area contributed by atoms with Crippen molar-refractivity contribution in [1.29, 1.82) is 0 Å². The number of amides is 1. The van der Waals surface area contributed by atoms with Crippen molar-refractivity contribution in [3.63, 3.8) is 0 Å². The average Bonchev–Trinajstić information content (AvgIpc) is 2.58. The minimum Gasteiger partial charge on any atom is -0.315 e. The smallest absolute Gasteiger partial charge is 0.226 e. The van der Waals surface area contributed by atoms with Gasteiger partial charge in [-0.1, -0.05) is 25.2 Å². The van der Waals surface area contributed by atoms with Crippen LogP contribution in [0.1, 0.15) is 31.7 Å². The first-order valence-electron chi connectivity index (χ1n) is 5.41. The van der Waals surface area contributed by atoms with Crippen molar-refractivity contribution in [2.45, 2.75) is 39.7 Å². The topological polar surface area (TPSA) is 66.9 Å². The molecule has 1 aromatic heterocycles. The van der Waals surface area contributed by atoms with E-state index in [2.05, 4.69) is 34.7 Å². The van der Waals surface area contributed by atoms with Gasteiger partial charge in [0.05, 0.1) is 0 Å². The highest BCUT2D eigenvalue weighted by atomic mass is 32.1. The predicted octanol–water partition coefficient (Wildman–Crippen LogP) is 1.56. The number of carbonyl (C=O) groups is 1. The number of aryl methyl sites for hydroxylation is 1. The molecule has 0 aliphatic carbocycles. The van der Waals surface area contributed by atoms with Crippen LogP contribution in [0, 0.1) is 6.92 Å². The Balaban J connectivity index is 2.16. The molecule has 0 aliphatic heterocycles. The Labute approximate surface area is 99.7 Å². The van der Waals surface area contributed by atoms with Crippen LogP contribution >= 0.6 is 11.3 Å². The monoisotopic (exact) mass is 242 g/mol. The molecule has 1 rings (SSSR count). The highest BCUT2D eigenvalue weighted by Gasteiger charge is 2.05. The summed E-state index contributed by atoms with van der Waals surface area (Å²) >= 11 is 1.39. The molecule has 5 nitrogen and oxygen atoms in total. The number of nitrogens with one attached hydrogen (secondary N) is 2. The second kappa shape index (κ2) is 6.55. The Morgan fingerprint density at radius 2 is 2.19 bits per heavy atom. The van der Waals surface area contributed by atoms with E-state index in [0.29, 0.717) is 17.6 Å². The van der Waals surface area contributed by atoms with Crippen molar-refractivity contribution in [1.82, 2.24) is 15.5 Å². The van der Waals surface area contributed by atoms with Gasteiger partial charge in [0.2, 0.25) is 11.0 Å². The van der Waals surface area contributed by atoms with E-state index >= 15 is 0 Å². The molecule has 0 unspecified atom stereocenters. The van der Waals surface area contributed by atoms with Crippen LogP contribution in [0.15, 0.2) is 0 Å². The van der Waals surface area contributed by atoms with Crippen LogP contribution in [0.4, 0.5) is 5.13 Å². The van der Waals surface area contributed by atoms with Gasteiger partial charge in [-0.25, -0.2) is 0 Å². The lowest BCUT2D eigenvalue weighted by molar-refractivity contribution is -0.116. The lowest BCUT2D eigenvalue weighted by atomic mass is 10.3. The van der Waals surface area contributed by atoms with Crippen molar-refractivity contribution < 1.29 is 4.79 Å². The molecular weight excluding hydrogens is 224 g/mol. The van der Waals surface area contributed by atoms with Crippen molar-refractivity contribution in [2.75, 3.05) is 11.9 Å². The summed E-state index contributed by atoms with van der Waals surface area (Å²) in [5, 5.41) is 15.1. The predicted molar refractivity (Wildman–Crippen MR) is 65.6 cm³/mol. The molecule has 1 aromatic rings. The quantitative estimate of drug-likeness (QED) is 0.743. The number of hydrogen-bond acceptors (Lipinski definition) is 5. The fourth-order valence-corrected chi connectivity index (χ4v) is 1.78.